The van der Waals surface area contributed by atoms with Crippen LogP contribution >= 0.6 is 0 Å². The fraction of sp³-hybridized carbons (Fsp3) is 0.368. The highest BCUT2D eigenvalue weighted by Gasteiger charge is 2.57. The van der Waals surface area contributed by atoms with Gasteiger partial charge in [0.15, 0.2) is 5.72 Å². The zero-order chi connectivity index (χ0) is 17.3. The molecule has 5 heteroatoms. The molecule has 24 heavy (non-hydrogen) atoms. The van der Waals surface area contributed by atoms with Crippen molar-refractivity contribution in [2.24, 2.45) is 0 Å². The number of nitrogens with zero attached hydrogens (tertiary/aromatic N) is 2. The van der Waals surface area contributed by atoms with E-state index in [1.807, 2.05) is 0 Å². The molecule has 0 saturated heterocycles. The van der Waals surface area contributed by atoms with Gasteiger partial charge in [-0.15, -0.1) is 0 Å². The predicted molar refractivity (Wildman–Crippen MR) is 92.5 cm³/mol. The van der Waals surface area contributed by atoms with Crippen LogP contribution < -0.4 is 9.64 Å². The first-order chi connectivity index (χ1) is 11.2. The van der Waals surface area contributed by atoms with Crippen molar-refractivity contribution in [3.05, 3.63) is 63.2 Å². The summed E-state index contributed by atoms with van der Waals surface area (Å²) in [5, 5.41) is 11.1. The molecular formula is C19H20N2O3. The molecule has 0 bridgehead atoms. The summed E-state index contributed by atoms with van der Waals surface area (Å²) in [6.07, 6.45) is 0. The van der Waals surface area contributed by atoms with E-state index in [2.05, 4.69) is 50.8 Å². The smallest absolute Gasteiger partial charge is 0.270 e. The highest BCUT2D eigenvalue weighted by atomic mass is 16.6. The summed E-state index contributed by atoms with van der Waals surface area (Å²) in [7, 11) is 0. The second kappa shape index (κ2) is 4.50. The first kappa shape index (κ1) is 15.0. The second-order valence-electron chi connectivity index (χ2n) is 7.37. The van der Waals surface area contributed by atoms with Gasteiger partial charge in [0.1, 0.15) is 5.75 Å². The Bertz CT molecular complexity index is 875. The lowest BCUT2D eigenvalue weighted by Crippen LogP contribution is -2.59. The number of hydrogen-bond acceptors (Lipinski definition) is 4. The van der Waals surface area contributed by atoms with E-state index in [-0.39, 0.29) is 16.0 Å². The minimum atomic E-state index is -0.522. The number of fused-ring (bicyclic) bond motifs is 4. The number of rotatable bonds is 1. The van der Waals surface area contributed by atoms with Crippen molar-refractivity contribution in [3.8, 4) is 5.75 Å². The van der Waals surface area contributed by atoms with Gasteiger partial charge in [-0.05, 0) is 45.4 Å². The van der Waals surface area contributed by atoms with Gasteiger partial charge in [-0.1, -0.05) is 17.7 Å². The van der Waals surface area contributed by atoms with E-state index in [0.717, 1.165) is 17.0 Å². The molecule has 0 radical (unpaired) electrons. The Morgan fingerprint density at radius 2 is 1.92 bits per heavy atom. The standard InChI is InChI=1S/C19H20N2O3/c1-12-5-7-16-15(9-12)18(2,3)19(4)20(16)11-13-10-14(21(22)23)6-8-17(13)24-19/h5-10H,11H2,1-4H3/t19-/m1/s1. The lowest BCUT2D eigenvalue weighted by Gasteiger charge is -2.48. The summed E-state index contributed by atoms with van der Waals surface area (Å²) in [6, 6.07) is 11.3. The number of benzene rings is 2. The van der Waals surface area contributed by atoms with Crippen molar-refractivity contribution in [1.29, 1.82) is 0 Å². The normalized spacial score (nSPS) is 23.1. The summed E-state index contributed by atoms with van der Waals surface area (Å²) in [6.45, 7) is 9.19. The Kier molecular flexibility index (Phi) is 2.81. The zero-order valence-electron chi connectivity index (χ0n) is 14.3. The minimum absolute atomic E-state index is 0.100. The van der Waals surface area contributed by atoms with E-state index in [4.69, 9.17) is 4.74 Å². The van der Waals surface area contributed by atoms with Crippen molar-refractivity contribution in [2.45, 2.75) is 45.4 Å². The maximum atomic E-state index is 11.1. The molecule has 0 aliphatic carbocycles. The van der Waals surface area contributed by atoms with Crippen LogP contribution in [-0.2, 0) is 12.0 Å². The van der Waals surface area contributed by atoms with Gasteiger partial charge in [0.05, 0.1) is 16.9 Å². The molecule has 0 amide bonds. The number of aryl methyl sites for hydroxylation is 1. The molecule has 2 aromatic rings. The maximum absolute atomic E-state index is 11.1. The molecule has 1 atom stereocenters. The van der Waals surface area contributed by atoms with Crippen LogP contribution in [0.15, 0.2) is 36.4 Å². The summed E-state index contributed by atoms with van der Waals surface area (Å²) in [4.78, 5) is 12.9. The molecule has 124 valence electrons. The Balaban J connectivity index is 1.88. The zero-order valence-corrected chi connectivity index (χ0v) is 14.3. The van der Waals surface area contributed by atoms with Crippen molar-refractivity contribution in [2.75, 3.05) is 4.90 Å². The third-order valence-electron chi connectivity index (χ3n) is 5.68. The van der Waals surface area contributed by atoms with Gasteiger partial charge < -0.3 is 9.64 Å². The van der Waals surface area contributed by atoms with Gasteiger partial charge >= 0.3 is 0 Å². The molecule has 2 aliphatic rings. The van der Waals surface area contributed by atoms with E-state index in [0.29, 0.717) is 6.54 Å². The number of nitro benzene ring substituents is 1. The number of ether oxygens (including phenoxy) is 1. The average molecular weight is 324 g/mol. The minimum Gasteiger partial charge on any atom is -0.467 e. The van der Waals surface area contributed by atoms with Crippen molar-refractivity contribution in [3.63, 3.8) is 0 Å². The molecule has 0 saturated carbocycles. The fourth-order valence-corrected chi connectivity index (χ4v) is 3.91. The molecule has 4 rings (SSSR count). The maximum Gasteiger partial charge on any atom is 0.270 e. The van der Waals surface area contributed by atoms with Crippen LogP contribution in [0.2, 0.25) is 0 Å². The van der Waals surface area contributed by atoms with Crippen molar-refractivity contribution in [1.82, 2.24) is 0 Å². The van der Waals surface area contributed by atoms with Crippen molar-refractivity contribution < 1.29 is 9.66 Å². The molecule has 0 spiro atoms. The average Bonchev–Trinajstić information content (AvgIpc) is 2.69. The molecule has 2 heterocycles. The van der Waals surface area contributed by atoms with Crippen LogP contribution in [0, 0.1) is 17.0 Å². The van der Waals surface area contributed by atoms with Gasteiger partial charge in [-0.2, -0.15) is 0 Å². The van der Waals surface area contributed by atoms with Gasteiger partial charge in [0.2, 0.25) is 0 Å². The quantitative estimate of drug-likeness (QED) is 0.579. The molecule has 5 nitrogen and oxygen atoms in total. The van der Waals surface area contributed by atoms with E-state index >= 15 is 0 Å². The number of nitro groups is 1. The van der Waals surface area contributed by atoms with E-state index in [1.165, 1.54) is 17.2 Å². The second-order valence-corrected chi connectivity index (χ2v) is 7.37. The van der Waals surface area contributed by atoms with Crippen molar-refractivity contribution >= 4 is 11.4 Å². The summed E-state index contributed by atoms with van der Waals surface area (Å²) >= 11 is 0. The highest BCUT2D eigenvalue weighted by Crippen LogP contribution is 2.55. The van der Waals surface area contributed by atoms with E-state index < -0.39 is 5.72 Å². The first-order valence-corrected chi connectivity index (χ1v) is 8.09. The molecule has 2 aromatic carbocycles. The lowest BCUT2D eigenvalue weighted by atomic mass is 9.77. The van der Waals surface area contributed by atoms with E-state index in [9.17, 15) is 10.1 Å². The van der Waals surface area contributed by atoms with Crippen LogP contribution in [-0.4, -0.2) is 10.6 Å². The van der Waals surface area contributed by atoms with Crippen LogP contribution in [0.4, 0.5) is 11.4 Å². The SMILES string of the molecule is Cc1ccc2c(c1)C(C)(C)[C@@]1(C)Oc3ccc([N+](=O)[O-])cc3CN21. The monoisotopic (exact) mass is 324 g/mol. The van der Waals surface area contributed by atoms with Gasteiger partial charge in [0, 0.05) is 23.4 Å². The lowest BCUT2D eigenvalue weighted by molar-refractivity contribution is -0.385. The molecule has 0 fully saturated rings. The summed E-state index contributed by atoms with van der Waals surface area (Å²) in [5.74, 6) is 0.733. The number of non-ortho nitro benzene ring substituents is 1. The Morgan fingerprint density at radius 1 is 1.17 bits per heavy atom. The Labute approximate surface area is 141 Å². The van der Waals surface area contributed by atoms with Gasteiger partial charge in [0.25, 0.3) is 5.69 Å². The predicted octanol–water partition coefficient (Wildman–Crippen LogP) is 4.31. The molecule has 0 unspecified atom stereocenters. The van der Waals surface area contributed by atoms with Crippen LogP contribution in [0.5, 0.6) is 5.75 Å². The summed E-state index contributed by atoms with van der Waals surface area (Å²) in [5.41, 5.74) is 3.85. The fourth-order valence-electron chi connectivity index (χ4n) is 3.91. The van der Waals surface area contributed by atoms with Crippen LogP contribution in [0.3, 0.4) is 0 Å². The molecule has 0 aromatic heterocycles. The molecule has 2 aliphatic heterocycles. The van der Waals surface area contributed by atoms with Gasteiger partial charge in [-0.25, -0.2) is 0 Å². The molecular weight excluding hydrogens is 304 g/mol. The van der Waals surface area contributed by atoms with Gasteiger partial charge in [-0.3, -0.25) is 10.1 Å². The third kappa shape index (κ3) is 1.75. The van der Waals surface area contributed by atoms with Crippen LogP contribution in [0.25, 0.3) is 0 Å². The Morgan fingerprint density at radius 3 is 2.62 bits per heavy atom. The summed E-state index contributed by atoms with van der Waals surface area (Å²) < 4.78 is 6.42. The van der Waals surface area contributed by atoms with Crippen LogP contribution in [0.1, 0.15) is 37.5 Å². The largest absolute Gasteiger partial charge is 0.467 e. The third-order valence-corrected chi connectivity index (χ3v) is 5.68. The molecule has 0 N–H and O–H groups in total. The number of hydrogen-bond donors (Lipinski definition) is 0. The van der Waals surface area contributed by atoms with E-state index in [1.54, 1.807) is 12.1 Å². The highest BCUT2D eigenvalue weighted by molar-refractivity contribution is 5.68. The Hall–Kier alpha value is -2.56. The first-order valence-electron chi connectivity index (χ1n) is 8.09. The topological polar surface area (TPSA) is 55.6 Å². The number of anilines is 1.